The minimum atomic E-state index is 0.0117. The van der Waals surface area contributed by atoms with Crippen LogP contribution >= 0.6 is 0 Å². The van der Waals surface area contributed by atoms with Gasteiger partial charge in [-0.25, -0.2) is 0 Å². The Kier molecular flexibility index (Phi) is 6.66. The summed E-state index contributed by atoms with van der Waals surface area (Å²) in [5.41, 5.74) is 11.0. The van der Waals surface area contributed by atoms with E-state index in [1.165, 1.54) is 103 Å². The molecule has 0 radical (unpaired) electrons. The van der Waals surface area contributed by atoms with Crippen LogP contribution in [0.25, 0.3) is 54.6 Å². The maximum Gasteiger partial charge on any atom is 0.0517 e. The van der Waals surface area contributed by atoms with E-state index in [9.17, 15) is 0 Å². The summed E-state index contributed by atoms with van der Waals surface area (Å²) < 4.78 is 0. The van der Waals surface area contributed by atoms with Gasteiger partial charge >= 0.3 is 0 Å². The van der Waals surface area contributed by atoms with Crippen LogP contribution in [0, 0.1) is 0 Å². The molecular weight excluding hydrogens is 591 g/mol. The first-order valence-corrected chi connectivity index (χ1v) is 18.2. The summed E-state index contributed by atoms with van der Waals surface area (Å²) in [4.78, 5) is 2.71. The van der Waals surface area contributed by atoms with Crippen molar-refractivity contribution in [2.24, 2.45) is 0 Å². The van der Waals surface area contributed by atoms with E-state index in [0.717, 1.165) is 0 Å². The maximum absolute atomic E-state index is 2.71. The average Bonchev–Trinajstić information content (AvgIpc) is 3.32. The van der Waals surface area contributed by atoms with E-state index >= 15 is 0 Å². The lowest BCUT2D eigenvalue weighted by atomic mass is 9.61. The predicted octanol–water partition coefficient (Wildman–Crippen LogP) is 13.5. The SMILES string of the molecule is CC(C)(C)c1ccc(N2c3ccc(-c4c5ccccc5c(-c5cccc6ccccc56)c5ccccc45)cc3C3(C)CCCCC23C)cc1. The van der Waals surface area contributed by atoms with E-state index in [1.807, 2.05) is 0 Å². The van der Waals surface area contributed by atoms with E-state index in [1.54, 1.807) is 0 Å². The summed E-state index contributed by atoms with van der Waals surface area (Å²) in [5, 5.41) is 7.81. The van der Waals surface area contributed by atoms with Crippen LogP contribution in [0.5, 0.6) is 0 Å². The van der Waals surface area contributed by atoms with Gasteiger partial charge in [-0.15, -0.1) is 0 Å². The first-order valence-electron chi connectivity index (χ1n) is 18.2. The van der Waals surface area contributed by atoms with E-state index in [4.69, 9.17) is 0 Å². The Morgan fingerprint density at radius 2 is 1.12 bits per heavy atom. The molecule has 1 aliphatic heterocycles. The third-order valence-corrected chi connectivity index (χ3v) is 12.4. The molecule has 1 heterocycles. The average molecular weight is 636 g/mol. The van der Waals surface area contributed by atoms with Gasteiger partial charge in [-0.05, 0) is 115 Å². The molecule has 9 rings (SSSR count). The molecule has 2 aliphatic rings. The van der Waals surface area contributed by atoms with Crippen LogP contribution in [0.3, 0.4) is 0 Å². The number of fused-ring (bicyclic) bond motifs is 6. The Labute approximate surface area is 291 Å². The van der Waals surface area contributed by atoms with Gasteiger partial charge in [0, 0.05) is 16.8 Å². The van der Waals surface area contributed by atoms with Crippen LogP contribution < -0.4 is 4.90 Å². The monoisotopic (exact) mass is 635 g/mol. The van der Waals surface area contributed by atoms with E-state index in [-0.39, 0.29) is 16.4 Å². The summed E-state index contributed by atoms with van der Waals surface area (Å²) in [7, 11) is 0. The Morgan fingerprint density at radius 1 is 0.551 bits per heavy atom. The van der Waals surface area contributed by atoms with Gasteiger partial charge in [0.25, 0.3) is 0 Å². The fourth-order valence-corrected chi connectivity index (χ4v) is 9.58. The molecule has 2 unspecified atom stereocenters. The molecule has 1 saturated carbocycles. The van der Waals surface area contributed by atoms with Crippen molar-refractivity contribution in [2.45, 2.75) is 76.7 Å². The first kappa shape index (κ1) is 30.2. The number of hydrogen-bond acceptors (Lipinski definition) is 1. The summed E-state index contributed by atoms with van der Waals surface area (Å²) in [6, 6.07) is 50.6. The minimum Gasteiger partial charge on any atom is -0.334 e. The lowest BCUT2D eigenvalue weighted by Gasteiger charge is -2.50. The Morgan fingerprint density at radius 3 is 1.78 bits per heavy atom. The molecule has 1 heteroatoms. The van der Waals surface area contributed by atoms with E-state index in [0.29, 0.717) is 0 Å². The molecule has 1 aliphatic carbocycles. The summed E-state index contributed by atoms with van der Waals surface area (Å²) in [6.45, 7) is 12.0. The second-order valence-corrected chi connectivity index (χ2v) is 16.0. The Hall–Kier alpha value is -4.88. The van der Waals surface area contributed by atoms with E-state index < -0.39 is 0 Å². The van der Waals surface area contributed by atoms with Gasteiger partial charge in [-0.3, -0.25) is 0 Å². The van der Waals surface area contributed by atoms with Crippen molar-refractivity contribution in [3.63, 3.8) is 0 Å². The Balaban J connectivity index is 1.29. The molecular formula is C48H45N. The lowest BCUT2D eigenvalue weighted by molar-refractivity contribution is 0.195. The quantitative estimate of drug-likeness (QED) is 0.175. The molecule has 49 heavy (non-hydrogen) atoms. The van der Waals surface area contributed by atoms with Gasteiger partial charge in [0.1, 0.15) is 0 Å². The number of hydrogen-bond donors (Lipinski definition) is 0. The zero-order valence-electron chi connectivity index (χ0n) is 29.5. The standard InChI is InChI=1S/C48H45N/c1-46(2,3)34-24-26-35(27-25-34)49-43-28-23-33(31-42(43)47(4)29-12-13-30-48(47,49)5)44-38-18-8-10-20-40(38)45(41-21-11-9-19-39(41)44)37-22-14-16-32-15-6-7-17-36(32)37/h6-11,14-28,31H,12-13,29-30H2,1-5H3. The molecule has 7 aromatic rings. The largest absolute Gasteiger partial charge is 0.334 e. The minimum absolute atomic E-state index is 0.0117. The fraction of sp³-hybridized carbons (Fsp3) is 0.250. The van der Waals surface area contributed by atoms with Crippen molar-refractivity contribution < 1.29 is 0 Å². The highest BCUT2D eigenvalue weighted by atomic mass is 15.3. The summed E-state index contributed by atoms with van der Waals surface area (Å²) in [5.74, 6) is 0. The lowest BCUT2D eigenvalue weighted by Crippen LogP contribution is -2.54. The normalized spacial score (nSPS) is 20.6. The zero-order valence-corrected chi connectivity index (χ0v) is 29.5. The second-order valence-electron chi connectivity index (χ2n) is 16.0. The van der Waals surface area contributed by atoms with Crippen LogP contribution in [-0.4, -0.2) is 5.54 Å². The molecule has 0 bridgehead atoms. The smallest absolute Gasteiger partial charge is 0.0517 e. The molecule has 1 nitrogen and oxygen atoms in total. The van der Waals surface area contributed by atoms with Gasteiger partial charge in [-0.1, -0.05) is 150 Å². The number of benzene rings is 7. The van der Waals surface area contributed by atoms with Crippen LogP contribution in [0.1, 0.15) is 71.4 Å². The van der Waals surface area contributed by atoms with Crippen molar-refractivity contribution >= 4 is 43.7 Å². The number of anilines is 2. The second kappa shape index (κ2) is 10.8. The van der Waals surface area contributed by atoms with Gasteiger partial charge in [0.2, 0.25) is 0 Å². The molecule has 0 spiro atoms. The molecule has 0 N–H and O–H groups in total. The summed E-state index contributed by atoms with van der Waals surface area (Å²) in [6.07, 6.45) is 4.95. The molecule has 0 aromatic heterocycles. The van der Waals surface area contributed by atoms with Crippen molar-refractivity contribution in [3.8, 4) is 22.3 Å². The zero-order chi connectivity index (χ0) is 33.5. The van der Waals surface area contributed by atoms with Crippen molar-refractivity contribution in [1.82, 2.24) is 0 Å². The molecule has 242 valence electrons. The van der Waals surface area contributed by atoms with Crippen molar-refractivity contribution in [2.75, 3.05) is 4.90 Å². The molecule has 7 aromatic carbocycles. The van der Waals surface area contributed by atoms with Crippen molar-refractivity contribution in [3.05, 3.63) is 145 Å². The van der Waals surface area contributed by atoms with Gasteiger partial charge in [0.05, 0.1) is 5.54 Å². The van der Waals surface area contributed by atoms with Crippen molar-refractivity contribution in [1.29, 1.82) is 0 Å². The molecule has 0 saturated heterocycles. The number of nitrogens with zero attached hydrogens (tertiary/aromatic N) is 1. The highest BCUT2D eigenvalue weighted by Gasteiger charge is 2.57. The van der Waals surface area contributed by atoms with E-state index in [2.05, 4.69) is 173 Å². The molecule has 0 amide bonds. The topological polar surface area (TPSA) is 3.24 Å². The first-order chi connectivity index (χ1) is 23.7. The molecule has 2 atom stereocenters. The third kappa shape index (κ3) is 4.37. The van der Waals surface area contributed by atoms with Gasteiger partial charge < -0.3 is 4.90 Å². The third-order valence-electron chi connectivity index (χ3n) is 12.4. The van der Waals surface area contributed by atoms with Gasteiger partial charge in [-0.2, -0.15) is 0 Å². The maximum atomic E-state index is 2.71. The van der Waals surface area contributed by atoms with Gasteiger partial charge in [0.15, 0.2) is 0 Å². The fourth-order valence-electron chi connectivity index (χ4n) is 9.58. The van der Waals surface area contributed by atoms with Crippen LogP contribution in [0.15, 0.2) is 133 Å². The van der Waals surface area contributed by atoms with Crippen LogP contribution in [0.2, 0.25) is 0 Å². The highest BCUT2D eigenvalue weighted by molar-refractivity contribution is 6.23. The van der Waals surface area contributed by atoms with Crippen LogP contribution in [0.4, 0.5) is 11.4 Å². The highest BCUT2D eigenvalue weighted by Crippen LogP contribution is 2.61. The predicted molar refractivity (Wildman–Crippen MR) is 211 cm³/mol. The van der Waals surface area contributed by atoms with Crippen LogP contribution in [-0.2, 0) is 10.8 Å². The Bertz CT molecular complexity index is 2350. The summed E-state index contributed by atoms with van der Waals surface area (Å²) >= 11 is 0. The molecule has 1 fully saturated rings. The number of rotatable bonds is 3.